The maximum atomic E-state index is 10.7. The summed E-state index contributed by atoms with van der Waals surface area (Å²) in [6.07, 6.45) is 4.23. The lowest BCUT2D eigenvalue weighted by atomic mass is 10.1. The zero-order chi connectivity index (χ0) is 18.9. The fourth-order valence-corrected chi connectivity index (χ4v) is 2.47. The van der Waals surface area contributed by atoms with Gasteiger partial charge in [-0.2, -0.15) is 5.10 Å². The second-order valence-electron chi connectivity index (χ2n) is 5.58. The average molecular weight is 491 g/mol. The molecule has 0 amide bonds. The van der Waals surface area contributed by atoms with E-state index in [1.165, 1.54) is 17.1 Å². The molecule has 0 aliphatic carbocycles. The molecule has 0 atom stereocenters. The van der Waals surface area contributed by atoms with Crippen molar-refractivity contribution in [1.82, 2.24) is 25.6 Å². The molecule has 0 unspecified atom stereocenters. The maximum Gasteiger partial charge on any atom is 0.306 e. The Kier molecular flexibility index (Phi) is 9.75. The van der Waals surface area contributed by atoms with Gasteiger partial charge in [0.15, 0.2) is 5.96 Å². The molecule has 0 aliphatic rings. The van der Waals surface area contributed by atoms with Crippen LogP contribution in [-0.4, -0.2) is 38.9 Å². The van der Waals surface area contributed by atoms with Crippen molar-refractivity contribution in [3.05, 3.63) is 39.5 Å². The number of nitrogens with one attached hydrogen (secondary N) is 2. The van der Waals surface area contributed by atoms with Crippen LogP contribution >= 0.6 is 24.0 Å². The quantitative estimate of drug-likeness (QED) is 0.181. The molecule has 0 spiro atoms. The number of hydrogen-bond donors (Lipinski definition) is 2. The topological polar surface area (TPSA) is 123 Å². The van der Waals surface area contributed by atoms with E-state index in [9.17, 15) is 10.1 Å². The second-order valence-corrected chi connectivity index (χ2v) is 5.58. The first-order valence-electron chi connectivity index (χ1n) is 8.74. The summed E-state index contributed by atoms with van der Waals surface area (Å²) >= 11 is 0. The molecular weight excluding hydrogens is 465 g/mol. The van der Waals surface area contributed by atoms with E-state index in [0.29, 0.717) is 25.6 Å². The van der Waals surface area contributed by atoms with Crippen molar-refractivity contribution in [2.75, 3.05) is 13.1 Å². The third kappa shape index (κ3) is 6.48. The van der Waals surface area contributed by atoms with Crippen LogP contribution in [0.3, 0.4) is 0 Å². The smallest absolute Gasteiger partial charge is 0.306 e. The van der Waals surface area contributed by atoms with Gasteiger partial charge in [0, 0.05) is 25.1 Å². The molecule has 0 saturated heterocycles. The normalized spacial score (nSPS) is 11.1. The van der Waals surface area contributed by atoms with Crippen LogP contribution in [0.25, 0.3) is 0 Å². The van der Waals surface area contributed by atoms with E-state index in [-0.39, 0.29) is 29.7 Å². The Morgan fingerprint density at radius 2 is 2.11 bits per heavy atom. The van der Waals surface area contributed by atoms with Crippen LogP contribution in [0.4, 0.5) is 5.69 Å². The Labute approximate surface area is 175 Å². The zero-order valence-corrected chi connectivity index (χ0v) is 18.1. The fourth-order valence-electron chi connectivity index (χ4n) is 2.47. The van der Waals surface area contributed by atoms with Gasteiger partial charge in [-0.25, -0.2) is 4.99 Å². The minimum absolute atomic E-state index is 0. The minimum atomic E-state index is -0.460. The van der Waals surface area contributed by atoms with Gasteiger partial charge in [0.25, 0.3) is 0 Å². The van der Waals surface area contributed by atoms with Gasteiger partial charge in [-0.15, -0.1) is 24.0 Å². The van der Waals surface area contributed by atoms with Crippen LogP contribution in [-0.2, 0) is 25.9 Å². The summed E-state index contributed by atoms with van der Waals surface area (Å²) in [4.78, 5) is 14.8. The predicted molar refractivity (Wildman–Crippen MR) is 112 cm³/mol. The van der Waals surface area contributed by atoms with Crippen LogP contribution in [0.2, 0.25) is 0 Å². The van der Waals surface area contributed by atoms with Crippen LogP contribution in [0.15, 0.2) is 21.9 Å². The van der Waals surface area contributed by atoms with Crippen molar-refractivity contribution in [3.63, 3.8) is 0 Å². The Morgan fingerprint density at radius 1 is 1.33 bits per heavy atom. The van der Waals surface area contributed by atoms with Crippen LogP contribution in [0.1, 0.15) is 37.8 Å². The zero-order valence-electron chi connectivity index (χ0n) is 15.8. The molecule has 2 heterocycles. The molecule has 0 saturated carbocycles. The van der Waals surface area contributed by atoms with Crippen LogP contribution in [0, 0.1) is 10.1 Å². The van der Waals surface area contributed by atoms with E-state index in [4.69, 9.17) is 4.52 Å². The molecular formula is C16H26IN7O3. The largest absolute Gasteiger partial charge is 0.361 e. The fraction of sp³-hybridized carbons (Fsp3) is 0.562. The molecule has 2 rings (SSSR count). The number of nitro groups is 1. The lowest BCUT2D eigenvalue weighted by Crippen LogP contribution is -2.38. The number of guanidine groups is 1. The van der Waals surface area contributed by atoms with Gasteiger partial charge < -0.3 is 15.2 Å². The van der Waals surface area contributed by atoms with Gasteiger partial charge in [-0.3, -0.25) is 14.8 Å². The van der Waals surface area contributed by atoms with Crippen LogP contribution < -0.4 is 10.6 Å². The van der Waals surface area contributed by atoms with E-state index >= 15 is 0 Å². The van der Waals surface area contributed by atoms with Crippen molar-refractivity contribution >= 4 is 35.6 Å². The Morgan fingerprint density at radius 3 is 2.70 bits per heavy atom. The molecule has 150 valence electrons. The Bertz CT molecular complexity index is 736. The monoisotopic (exact) mass is 491 g/mol. The Balaban J connectivity index is 0.00000364. The van der Waals surface area contributed by atoms with E-state index in [1.54, 1.807) is 0 Å². The molecule has 27 heavy (non-hydrogen) atoms. The van der Waals surface area contributed by atoms with Gasteiger partial charge in [-0.1, -0.05) is 19.0 Å². The van der Waals surface area contributed by atoms with E-state index in [1.807, 2.05) is 20.8 Å². The molecule has 2 N–H and O–H groups in total. The van der Waals surface area contributed by atoms with Crippen molar-refractivity contribution < 1.29 is 9.45 Å². The molecule has 0 bridgehead atoms. The molecule has 2 aromatic heterocycles. The second kappa shape index (κ2) is 11.5. The number of aryl methyl sites for hydroxylation is 2. The lowest BCUT2D eigenvalue weighted by Gasteiger charge is -2.11. The summed E-state index contributed by atoms with van der Waals surface area (Å²) < 4.78 is 6.89. The van der Waals surface area contributed by atoms with Gasteiger partial charge in [0.2, 0.25) is 0 Å². The first kappa shape index (κ1) is 22.9. The summed E-state index contributed by atoms with van der Waals surface area (Å²) in [6.45, 7) is 8.30. The number of nitrogens with zero attached hydrogens (tertiary/aromatic N) is 5. The lowest BCUT2D eigenvalue weighted by molar-refractivity contribution is -0.385. The number of halogens is 1. The van der Waals surface area contributed by atoms with Gasteiger partial charge in [0.1, 0.15) is 18.2 Å². The number of hydrogen-bond acceptors (Lipinski definition) is 6. The predicted octanol–water partition coefficient (Wildman–Crippen LogP) is 2.28. The molecule has 10 nitrogen and oxygen atoms in total. The highest BCUT2D eigenvalue weighted by molar-refractivity contribution is 14.0. The van der Waals surface area contributed by atoms with Crippen molar-refractivity contribution in [3.8, 4) is 0 Å². The summed E-state index contributed by atoms with van der Waals surface area (Å²) in [5.74, 6) is 1.53. The third-order valence-electron chi connectivity index (χ3n) is 3.81. The van der Waals surface area contributed by atoms with Gasteiger partial charge >= 0.3 is 5.69 Å². The highest BCUT2D eigenvalue weighted by Gasteiger charge is 2.13. The average Bonchev–Trinajstić information content (AvgIpc) is 3.26. The third-order valence-corrected chi connectivity index (χ3v) is 3.81. The van der Waals surface area contributed by atoms with Crippen molar-refractivity contribution in [1.29, 1.82) is 0 Å². The highest BCUT2D eigenvalue weighted by Crippen LogP contribution is 2.16. The molecule has 0 radical (unpaired) electrons. The standard InChI is InChI=1S/C16H25N7O3.HI/c1-4-14-13(15(5-2)26-21-14)10-19-16(17-6-3)18-7-8-22-11-12(9-20-22)23(24)25;/h9,11H,4-8,10H2,1-3H3,(H2,17,18,19);1H. The first-order valence-corrected chi connectivity index (χ1v) is 8.74. The first-order chi connectivity index (χ1) is 12.6. The summed E-state index contributed by atoms with van der Waals surface area (Å²) in [5.41, 5.74) is 1.96. The number of aromatic nitrogens is 3. The van der Waals surface area contributed by atoms with Gasteiger partial charge in [-0.05, 0) is 13.3 Å². The summed E-state index contributed by atoms with van der Waals surface area (Å²) in [7, 11) is 0. The van der Waals surface area contributed by atoms with Crippen molar-refractivity contribution in [2.24, 2.45) is 4.99 Å². The van der Waals surface area contributed by atoms with Crippen LogP contribution in [0.5, 0.6) is 0 Å². The number of rotatable bonds is 9. The SMILES string of the molecule is CCNC(=NCc1c(CC)noc1CC)NCCn1cc([N+](=O)[O-])cn1.I. The summed E-state index contributed by atoms with van der Waals surface area (Å²) in [6, 6.07) is 0. The van der Waals surface area contributed by atoms with E-state index in [0.717, 1.165) is 36.4 Å². The molecule has 2 aromatic rings. The summed E-state index contributed by atoms with van der Waals surface area (Å²) in [5, 5.41) is 25.1. The highest BCUT2D eigenvalue weighted by atomic mass is 127. The Hall–Kier alpha value is -2.18. The van der Waals surface area contributed by atoms with Crippen molar-refractivity contribution in [2.45, 2.75) is 46.7 Å². The molecule has 0 fully saturated rings. The van der Waals surface area contributed by atoms with E-state index in [2.05, 4.69) is 25.9 Å². The minimum Gasteiger partial charge on any atom is -0.361 e. The molecule has 0 aromatic carbocycles. The number of aliphatic imine (C=N–C) groups is 1. The van der Waals surface area contributed by atoms with E-state index < -0.39 is 4.92 Å². The molecule has 11 heteroatoms. The van der Waals surface area contributed by atoms with Gasteiger partial charge in [0.05, 0.1) is 23.7 Å². The maximum absolute atomic E-state index is 10.7. The molecule has 0 aliphatic heterocycles.